The summed E-state index contributed by atoms with van der Waals surface area (Å²) in [5.41, 5.74) is 3.16. The number of nitrogens with zero attached hydrogens (tertiary/aromatic N) is 5. The number of fused-ring (bicyclic) bond motifs is 1. The minimum atomic E-state index is -3.96. The molecule has 0 aliphatic heterocycles. The van der Waals surface area contributed by atoms with Crippen molar-refractivity contribution in [2.24, 2.45) is 7.05 Å². The van der Waals surface area contributed by atoms with E-state index in [4.69, 9.17) is 5.26 Å². The van der Waals surface area contributed by atoms with Gasteiger partial charge in [0.05, 0.1) is 41.9 Å². The summed E-state index contributed by atoms with van der Waals surface area (Å²) in [7, 11) is -2.08. The fourth-order valence-corrected chi connectivity index (χ4v) is 4.21. The van der Waals surface area contributed by atoms with Gasteiger partial charge in [0.25, 0.3) is 5.91 Å². The lowest BCUT2D eigenvalue weighted by Gasteiger charge is -2.21. The number of carbonyl (C=O) groups excluding carboxylic acids is 2. The number of carbonyl (C=O) groups is 2. The Hall–Kier alpha value is -4.76. The van der Waals surface area contributed by atoms with Gasteiger partial charge in [-0.3, -0.25) is 14.5 Å². The lowest BCUT2D eigenvalue weighted by molar-refractivity contribution is -0.133. The Morgan fingerprint density at radius 2 is 1.89 bits per heavy atom. The Labute approximate surface area is 219 Å². The Kier molecular flexibility index (Phi) is 7.68. The van der Waals surface area contributed by atoms with Crippen LogP contribution in [0.15, 0.2) is 66.9 Å². The summed E-state index contributed by atoms with van der Waals surface area (Å²) in [4.78, 5) is 35.6. The molecule has 11 nitrogen and oxygen atoms in total. The summed E-state index contributed by atoms with van der Waals surface area (Å²) in [6.07, 6.45) is 1.95. The van der Waals surface area contributed by atoms with Crippen LogP contribution in [0.2, 0.25) is 0 Å². The molecule has 0 spiro atoms. The predicted molar refractivity (Wildman–Crippen MR) is 141 cm³/mol. The second kappa shape index (κ2) is 11.1. The van der Waals surface area contributed by atoms with Crippen molar-refractivity contribution in [3.05, 3.63) is 83.8 Å². The van der Waals surface area contributed by atoms with Crippen LogP contribution in [-0.4, -0.2) is 47.6 Å². The van der Waals surface area contributed by atoms with Crippen LogP contribution in [0.25, 0.3) is 11.0 Å². The molecule has 0 atom stereocenters. The lowest BCUT2D eigenvalue weighted by atomic mass is 10.1. The van der Waals surface area contributed by atoms with E-state index in [1.165, 1.54) is 11.1 Å². The van der Waals surface area contributed by atoms with Gasteiger partial charge < -0.3 is 14.1 Å². The number of rotatable bonds is 9. The molecule has 1 N–H and O–H groups in total. The van der Waals surface area contributed by atoms with E-state index in [1.54, 1.807) is 48.5 Å². The summed E-state index contributed by atoms with van der Waals surface area (Å²) in [6, 6.07) is 19.3. The molecule has 194 valence electrons. The molecular formula is C26H24N6O5S. The van der Waals surface area contributed by atoms with E-state index < -0.39 is 22.0 Å². The summed E-state index contributed by atoms with van der Waals surface area (Å²) in [6.45, 7) is 0.285. The number of aromatic nitrogens is 3. The highest BCUT2D eigenvalue weighted by molar-refractivity contribution is 7.86. The third kappa shape index (κ3) is 6.32. The van der Waals surface area contributed by atoms with Crippen molar-refractivity contribution in [3.8, 4) is 6.07 Å². The van der Waals surface area contributed by atoms with Crippen LogP contribution in [0.5, 0.6) is 0 Å². The number of aryl methyl sites for hydroxylation is 1. The molecule has 0 radical (unpaired) electrons. The van der Waals surface area contributed by atoms with Crippen LogP contribution >= 0.6 is 0 Å². The average Bonchev–Trinajstić information content (AvgIpc) is 3.22. The van der Waals surface area contributed by atoms with Crippen LogP contribution in [0.4, 0.5) is 11.5 Å². The Bertz CT molecular complexity index is 1630. The number of anilines is 2. The topological polar surface area (TPSA) is 147 Å². The third-order valence-corrected chi connectivity index (χ3v) is 6.13. The molecule has 4 rings (SSSR count). The SMILES string of the molecule is Cn1c(CNc2ccc(C#N)cc2)nc2cc(C(=O)N(CCC(=O)OS(C)(=O)=O)c3ccccn3)ccc21. The Balaban J connectivity index is 1.55. The molecule has 0 saturated heterocycles. The highest BCUT2D eigenvalue weighted by atomic mass is 32.2. The molecule has 0 aliphatic carbocycles. The molecular weight excluding hydrogens is 508 g/mol. The zero-order valence-corrected chi connectivity index (χ0v) is 21.5. The van der Waals surface area contributed by atoms with Crippen LogP contribution in [0, 0.1) is 11.3 Å². The molecule has 2 aromatic heterocycles. The van der Waals surface area contributed by atoms with Gasteiger partial charge in [-0.05, 0) is 54.6 Å². The number of imidazole rings is 1. The maximum Gasteiger partial charge on any atom is 0.323 e. The zero-order valence-electron chi connectivity index (χ0n) is 20.7. The maximum absolute atomic E-state index is 13.5. The molecule has 38 heavy (non-hydrogen) atoms. The fourth-order valence-electron chi connectivity index (χ4n) is 3.79. The Morgan fingerprint density at radius 1 is 1.13 bits per heavy atom. The first kappa shape index (κ1) is 26.3. The van der Waals surface area contributed by atoms with E-state index in [9.17, 15) is 18.0 Å². The third-order valence-electron chi connectivity index (χ3n) is 5.64. The largest absolute Gasteiger partial charge is 0.378 e. The van der Waals surface area contributed by atoms with Crippen molar-refractivity contribution < 1.29 is 22.2 Å². The first-order valence-electron chi connectivity index (χ1n) is 11.5. The van der Waals surface area contributed by atoms with Crippen molar-refractivity contribution in [2.75, 3.05) is 23.0 Å². The monoisotopic (exact) mass is 532 g/mol. The van der Waals surface area contributed by atoms with Gasteiger partial charge in [-0.1, -0.05) is 6.07 Å². The van der Waals surface area contributed by atoms with Crippen LogP contribution in [0.3, 0.4) is 0 Å². The number of nitrogens with one attached hydrogen (secondary N) is 1. The number of benzene rings is 2. The van der Waals surface area contributed by atoms with E-state index in [0.29, 0.717) is 29.0 Å². The summed E-state index contributed by atoms with van der Waals surface area (Å²) < 4.78 is 28.8. The molecule has 12 heteroatoms. The quantitative estimate of drug-likeness (QED) is 0.321. The van der Waals surface area contributed by atoms with Gasteiger partial charge >= 0.3 is 16.1 Å². The van der Waals surface area contributed by atoms with E-state index in [1.807, 2.05) is 23.7 Å². The molecule has 0 unspecified atom stereocenters. The molecule has 1 amide bonds. The molecule has 0 aliphatic rings. The predicted octanol–water partition coefficient (Wildman–Crippen LogP) is 2.99. The molecule has 0 fully saturated rings. The minimum Gasteiger partial charge on any atom is -0.378 e. The molecule has 0 bridgehead atoms. The van der Waals surface area contributed by atoms with Gasteiger partial charge in [0.15, 0.2) is 0 Å². The zero-order chi connectivity index (χ0) is 27.3. The van der Waals surface area contributed by atoms with E-state index >= 15 is 0 Å². The number of hydrogen-bond acceptors (Lipinski definition) is 9. The second-order valence-electron chi connectivity index (χ2n) is 8.39. The molecule has 2 aromatic carbocycles. The van der Waals surface area contributed by atoms with Crippen molar-refractivity contribution >= 4 is 44.5 Å². The fraction of sp³-hybridized carbons (Fsp3) is 0.192. The molecule has 0 saturated carbocycles. The van der Waals surface area contributed by atoms with E-state index in [-0.39, 0.29) is 13.0 Å². The number of nitriles is 1. The number of pyridine rings is 1. The van der Waals surface area contributed by atoms with E-state index in [2.05, 4.69) is 25.5 Å². The van der Waals surface area contributed by atoms with Crippen molar-refractivity contribution in [3.63, 3.8) is 0 Å². The summed E-state index contributed by atoms with van der Waals surface area (Å²) in [5.74, 6) is -0.362. The average molecular weight is 533 g/mol. The van der Waals surface area contributed by atoms with Gasteiger partial charge in [-0.25, -0.2) is 9.97 Å². The van der Waals surface area contributed by atoms with Crippen molar-refractivity contribution in [1.82, 2.24) is 14.5 Å². The highest BCUT2D eigenvalue weighted by Gasteiger charge is 2.22. The molecule has 2 heterocycles. The van der Waals surface area contributed by atoms with Crippen LogP contribution < -0.4 is 10.2 Å². The van der Waals surface area contributed by atoms with E-state index in [0.717, 1.165) is 23.3 Å². The van der Waals surface area contributed by atoms with Gasteiger partial charge in [0.1, 0.15) is 11.6 Å². The van der Waals surface area contributed by atoms with Crippen molar-refractivity contribution in [1.29, 1.82) is 5.26 Å². The van der Waals surface area contributed by atoms with Gasteiger partial charge in [0.2, 0.25) is 0 Å². The number of amides is 1. The summed E-state index contributed by atoms with van der Waals surface area (Å²) in [5, 5.41) is 12.2. The smallest absolute Gasteiger partial charge is 0.323 e. The van der Waals surface area contributed by atoms with Gasteiger partial charge in [0, 0.05) is 31.0 Å². The number of hydrogen-bond donors (Lipinski definition) is 1. The van der Waals surface area contributed by atoms with Crippen LogP contribution in [0.1, 0.15) is 28.2 Å². The minimum absolute atomic E-state index is 0.135. The normalized spacial score (nSPS) is 11.1. The summed E-state index contributed by atoms with van der Waals surface area (Å²) >= 11 is 0. The van der Waals surface area contributed by atoms with Gasteiger partial charge in [-0.15, -0.1) is 0 Å². The first-order chi connectivity index (χ1) is 18.1. The highest BCUT2D eigenvalue weighted by Crippen LogP contribution is 2.21. The first-order valence-corrected chi connectivity index (χ1v) is 13.3. The lowest BCUT2D eigenvalue weighted by Crippen LogP contribution is -2.34. The standard InChI is InChI=1S/C26H24N6O5S/c1-31-22-11-8-19(15-21(22)30-24(31)17-29-20-9-6-18(16-27)7-10-20)26(34)32(23-5-3-4-13-28-23)14-12-25(33)37-38(2,35)36/h3-11,13,15,29H,12,14,17H2,1-2H3. The van der Waals surface area contributed by atoms with Crippen LogP contribution in [-0.2, 0) is 32.7 Å². The van der Waals surface area contributed by atoms with Crippen molar-refractivity contribution in [2.45, 2.75) is 13.0 Å². The Morgan fingerprint density at radius 3 is 2.55 bits per heavy atom. The van der Waals surface area contributed by atoms with Gasteiger partial charge in [-0.2, -0.15) is 13.7 Å². The maximum atomic E-state index is 13.5. The molecule has 4 aromatic rings. The second-order valence-corrected chi connectivity index (χ2v) is 9.96.